The molecule has 1 saturated heterocycles. The molecule has 1 heterocycles. The Hall–Kier alpha value is -2.76. The van der Waals surface area contributed by atoms with Crippen molar-refractivity contribution in [1.82, 2.24) is 10.2 Å². The van der Waals surface area contributed by atoms with E-state index >= 15 is 0 Å². The molecule has 5 N–H and O–H groups in total. The standard InChI is InChI=1S/C7H16N2O.2C4H4O4/c1-10-7-6-9-4-2-8-3-5-9;2*5-3(6)1-2-4(7)8/h8H,2-7H2,1H3;2*1-2H,(H,5,6)(H,7,8)/b;2*2-1+. The number of carbonyl (C=O) groups is 4. The number of carboxylic acid groups (broad SMARTS) is 4. The van der Waals surface area contributed by atoms with Crippen molar-refractivity contribution in [1.29, 1.82) is 0 Å². The van der Waals surface area contributed by atoms with Crippen molar-refractivity contribution in [2.24, 2.45) is 0 Å². The predicted octanol–water partition coefficient (Wildman–Crippen LogP) is -1.04. The summed E-state index contributed by atoms with van der Waals surface area (Å²) in [4.78, 5) is 40.6. The number of methoxy groups -OCH3 is 1. The van der Waals surface area contributed by atoms with Gasteiger partial charge in [0, 0.05) is 64.1 Å². The second-order valence-electron chi connectivity index (χ2n) is 4.60. The first-order valence-electron chi connectivity index (χ1n) is 7.39. The van der Waals surface area contributed by atoms with Crippen LogP contribution in [0, 0.1) is 0 Å². The molecule has 0 saturated carbocycles. The van der Waals surface area contributed by atoms with Crippen LogP contribution in [0.5, 0.6) is 0 Å². The van der Waals surface area contributed by atoms with Crippen molar-refractivity contribution in [3.05, 3.63) is 24.3 Å². The van der Waals surface area contributed by atoms with Crippen LogP contribution < -0.4 is 5.32 Å². The topological polar surface area (TPSA) is 174 Å². The van der Waals surface area contributed by atoms with Crippen LogP contribution in [0.4, 0.5) is 0 Å². The number of nitrogens with zero attached hydrogens (tertiary/aromatic N) is 1. The zero-order valence-electron chi connectivity index (χ0n) is 14.3. The van der Waals surface area contributed by atoms with Gasteiger partial charge in [-0.2, -0.15) is 0 Å². The molecule has 0 amide bonds. The maximum atomic E-state index is 9.55. The summed E-state index contributed by atoms with van der Waals surface area (Å²) < 4.78 is 4.98. The number of hydrogen-bond acceptors (Lipinski definition) is 7. The summed E-state index contributed by atoms with van der Waals surface area (Å²) in [5, 5.41) is 34.6. The average molecular weight is 376 g/mol. The van der Waals surface area contributed by atoms with Gasteiger partial charge in [0.15, 0.2) is 0 Å². The van der Waals surface area contributed by atoms with E-state index in [2.05, 4.69) is 10.2 Å². The van der Waals surface area contributed by atoms with Crippen molar-refractivity contribution in [2.45, 2.75) is 0 Å². The van der Waals surface area contributed by atoms with Crippen LogP contribution in [0.3, 0.4) is 0 Å². The van der Waals surface area contributed by atoms with Gasteiger partial charge in [0.25, 0.3) is 0 Å². The Morgan fingerprint density at radius 3 is 1.46 bits per heavy atom. The monoisotopic (exact) mass is 376 g/mol. The maximum absolute atomic E-state index is 9.55. The third kappa shape index (κ3) is 23.5. The molecule has 0 spiro atoms. The second kappa shape index (κ2) is 17.1. The predicted molar refractivity (Wildman–Crippen MR) is 90.0 cm³/mol. The fraction of sp³-hybridized carbons (Fsp3) is 0.467. The number of piperazine rings is 1. The van der Waals surface area contributed by atoms with Gasteiger partial charge in [0.2, 0.25) is 0 Å². The fourth-order valence-corrected chi connectivity index (χ4v) is 1.44. The van der Waals surface area contributed by atoms with Crippen LogP contribution in [-0.2, 0) is 23.9 Å². The van der Waals surface area contributed by atoms with Gasteiger partial charge < -0.3 is 30.5 Å². The van der Waals surface area contributed by atoms with Crippen molar-refractivity contribution in [3.8, 4) is 0 Å². The minimum atomic E-state index is -1.26. The SMILES string of the molecule is COCCN1CCNCC1.O=C(O)/C=C/C(=O)O.O=C(O)/C=C/C(=O)O. The number of aliphatic carboxylic acids is 4. The van der Waals surface area contributed by atoms with E-state index in [4.69, 9.17) is 25.2 Å². The van der Waals surface area contributed by atoms with Gasteiger partial charge in [-0.3, -0.25) is 4.90 Å². The molecule has 0 bridgehead atoms. The molecule has 26 heavy (non-hydrogen) atoms. The van der Waals surface area contributed by atoms with E-state index in [9.17, 15) is 19.2 Å². The van der Waals surface area contributed by atoms with E-state index in [0.717, 1.165) is 26.2 Å². The zero-order chi connectivity index (χ0) is 20.4. The quantitative estimate of drug-likeness (QED) is 0.343. The second-order valence-corrected chi connectivity index (χ2v) is 4.60. The van der Waals surface area contributed by atoms with Gasteiger partial charge in [-0.05, 0) is 0 Å². The number of ether oxygens (including phenoxy) is 1. The van der Waals surface area contributed by atoms with Crippen LogP contribution >= 0.6 is 0 Å². The highest BCUT2D eigenvalue weighted by atomic mass is 16.5. The molecule has 148 valence electrons. The summed E-state index contributed by atoms with van der Waals surface area (Å²) in [7, 11) is 1.75. The van der Waals surface area contributed by atoms with E-state index < -0.39 is 23.9 Å². The van der Waals surface area contributed by atoms with Gasteiger partial charge in [-0.25, -0.2) is 19.2 Å². The van der Waals surface area contributed by atoms with Crippen molar-refractivity contribution >= 4 is 23.9 Å². The summed E-state index contributed by atoms with van der Waals surface area (Å²) in [5.41, 5.74) is 0. The molecule has 0 aliphatic carbocycles. The highest BCUT2D eigenvalue weighted by molar-refractivity contribution is 5.90. The average Bonchev–Trinajstić information content (AvgIpc) is 2.58. The minimum absolute atomic E-state index is 0.558. The number of nitrogens with one attached hydrogen (secondary N) is 1. The third-order valence-corrected chi connectivity index (χ3v) is 2.56. The lowest BCUT2D eigenvalue weighted by atomic mass is 10.4. The van der Waals surface area contributed by atoms with Crippen LogP contribution in [0.2, 0.25) is 0 Å². The van der Waals surface area contributed by atoms with Crippen molar-refractivity contribution in [3.63, 3.8) is 0 Å². The van der Waals surface area contributed by atoms with Crippen molar-refractivity contribution < 1.29 is 44.3 Å². The van der Waals surface area contributed by atoms with Crippen LogP contribution in [0.1, 0.15) is 0 Å². The Bertz CT molecular complexity index is 431. The molecule has 0 unspecified atom stereocenters. The fourth-order valence-electron chi connectivity index (χ4n) is 1.44. The normalized spacial score (nSPS) is 14.0. The molecule has 0 aromatic carbocycles. The minimum Gasteiger partial charge on any atom is -0.478 e. The first kappa shape index (κ1) is 25.5. The summed E-state index contributed by atoms with van der Waals surface area (Å²) in [6.07, 6.45) is 2.23. The number of carboxylic acids is 4. The molecule has 11 heteroatoms. The summed E-state index contributed by atoms with van der Waals surface area (Å²) in [5.74, 6) is -5.03. The van der Waals surface area contributed by atoms with Crippen LogP contribution in [-0.4, -0.2) is 95.6 Å². The lowest BCUT2D eigenvalue weighted by Crippen LogP contribution is -2.44. The Kier molecular flexibility index (Phi) is 16.7. The molecular formula is C15H24N2O9. The molecule has 1 aliphatic heterocycles. The van der Waals surface area contributed by atoms with E-state index in [0.29, 0.717) is 24.3 Å². The number of hydrogen-bond donors (Lipinski definition) is 5. The van der Waals surface area contributed by atoms with Crippen LogP contribution in [0.25, 0.3) is 0 Å². The zero-order valence-corrected chi connectivity index (χ0v) is 14.3. The highest BCUT2D eigenvalue weighted by Gasteiger charge is 2.07. The molecule has 0 radical (unpaired) electrons. The van der Waals surface area contributed by atoms with Crippen LogP contribution in [0.15, 0.2) is 24.3 Å². The maximum Gasteiger partial charge on any atom is 0.328 e. The number of rotatable bonds is 7. The first-order valence-corrected chi connectivity index (χ1v) is 7.39. The van der Waals surface area contributed by atoms with E-state index in [1.165, 1.54) is 13.1 Å². The molecular weight excluding hydrogens is 352 g/mol. The Morgan fingerprint density at radius 1 is 0.846 bits per heavy atom. The Labute approximate surface area is 150 Å². The molecule has 0 aromatic heterocycles. The van der Waals surface area contributed by atoms with Gasteiger partial charge in [0.1, 0.15) is 0 Å². The highest BCUT2D eigenvalue weighted by Crippen LogP contribution is 1.90. The first-order chi connectivity index (χ1) is 12.2. The van der Waals surface area contributed by atoms with Gasteiger partial charge >= 0.3 is 23.9 Å². The molecule has 1 aliphatic rings. The summed E-state index contributed by atoms with van der Waals surface area (Å²) >= 11 is 0. The summed E-state index contributed by atoms with van der Waals surface area (Å²) in [6.45, 7) is 6.54. The smallest absolute Gasteiger partial charge is 0.328 e. The lowest BCUT2D eigenvalue weighted by molar-refractivity contribution is -0.134. The van der Waals surface area contributed by atoms with Crippen molar-refractivity contribution in [2.75, 3.05) is 46.4 Å². The van der Waals surface area contributed by atoms with E-state index in [1.54, 1.807) is 7.11 Å². The summed E-state index contributed by atoms with van der Waals surface area (Å²) in [6, 6.07) is 0. The van der Waals surface area contributed by atoms with Gasteiger partial charge in [-0.1, -0.05) is 0 Å². The molecule has 11 nitrogen and oxygen atoms in total. The van der Waals surface area contributed by atoms with E-state index in [-0.39, 0.29) is 0 Å². The molecule has 1 rings (SSSR count). The molecule has 0 aromatic rings. The lowest BCUT2D eigenvalue weighted by Gasteiger charge is -2.26. The van der Waals surface area contributed by atoms with E-state index in [1.807, 2.05) is 0 Å². The molecule has 1 fully saturated rings. The van der Waals surface area contributed by atoms with Gasteiger partial charge in [0.05, 0.1) is 6.61 Å². The third-order valence-electron chi connectivity index (χ3n) is 2.56. The Morgan fingerprint density at radius 2 is 1.19 bits per heavy atom. The largest absolute Gasteiger partial charge is 0.478 e. The van der Waals surface area contributed by atoms with Gasteiger partial charge in [-0.15, -0.1) is 0 Å². The molecule has 0 atom stereocenters. The Balaban J connectivity index is 0.